The normalized spacial score (nSPS) is 10.3. The number of nitrogens with zero attached hydrogens (tertiary/aromatic N) is 2. The molecule has 0 fully saturated rings. The van der Waals surface area contributed by atoms with E-state index in [0.717, 1.165) is 0 Å². The summed E-state index contributed by atoms with van der Waals surface area (Å²) in [7, 11) is 0. The number of hydrogen-bond acceptors (Lipinski definition) is 2. The molecular formula is C10H5BrClFN2. The summed E-state index contributed by atoms with van der Waals surface area (Å²) in [4.78, 5) is 7.68. The first kappa shape index (κ1) is 10.5. The average molecular weight is 288 g/mol. The summed E-state index contributed by atoms with van der Waals surface area (Å²) < 4.78 is 14.1. The molecule has 0 saturated heterocycles. The van der Waals surface area contributed by atoms with Crippen LogP contribution in [0.25, 0.3) is 11.3 Å². The minimum absolute atomic E-state index is 0.104. The van der Waals surface area contributed by atoms with Gasteiger partial charge >= 0.3 is 0 Å². The first-order valence-electron chi connectivity index (χ1n) is 4.11. The SMILES string of the molecule is Fc1c(Br)cccc1-c1ccnc(Cl)n1. The average Bonchev–Trinajstić information content (AvgIpc) is 2.22. The lowest BCUT2D eigenvalue weighted by Crippen LogP contribution is -1.90. The lowest BCUT2D eigenvalue weighted by Gasteiger charge is -2.03. The van der Waals surface area contributed by atoms with E-state index in [-0.39, 0.29) is 11.1 Å². The van der Waals surface area contributed by atoms with Crippen molar-refractivity contribution in [1.82, 2.24) is 9.97 Å². The van der Waals surface area contributed by atoms with Gasteiger partial charge in [-0.25, -0.2) is 14.4 Å². The molecule has 0 N–H and O–H groups in total. The molecule has 76 valence electrons. The lowest BCUT2D eigenvalue weighted by atomic mass is 10.1. The second-order valence-electron chi connectivity index (χ2n) is 2.81. The Morgan fingerprint density at radius 1 is 1.27 bits per heavy atom. The molecular weight excluding hydrogens is 282 g/mol. The van der Waals surface area contributed by atoms with E-state index in [1.807, 2.05) is 0 Å². The van der Waals surface area contributed by atoms with E-state index in [1.165, 1.54) is 6.20 Å². The van der Waals surface area contributed by atoms with Gasteiger partial charge in [-0.1, -0.05) is 6.07 Å². The fourth-order valence-corrected chi connectivity index (χ4v) is 1.70. The van der Waals surface area contributed by atoms with E-state index in [4.69, 9.17) is 11.6 Å². The number of hydrogen-bond donors (Lipinski definition) is 0. The summed E-state index contributed by atoms with van der Waals surface area (Å²) in [6, 6.07) is 6.61. The third-order valence-corrected chi connectivity index (χ3v) is 2.65. The minimum Gasteiger partial charge on any atom is -0.226 e. The van der Waals surface area contributed by atoms with Crippen molar-refractivity contribution in [1.29, 1.82) is 0 Å². The smallest absolute Gasteiger partial charge is 0.222 e. The summed E-state index contributed by atoms with van der Waals surface area (Å²) in [6.07, 6.45) is 1.49. The summed E-state index contributed by atoms with van der Waals surface area (Å²) in [5.74, 6) is -0.354. The topological polar surface area (TPSA) is 25.8 Å². The van der Waals surface area contributed by atoms with Crippen LogP contribution in [-0.2, 0) is 0 Å². The quantitative estimate of drug-likeness (QED) is 0.747. The maximum absolute atomic E-state index is 13.7. The summed E-state index contributed by atoms with van der Waals surface area (Å²) in [5.41, 5.74) is 0.863. The van der Waals surface area contributed by atoms with E-state index in [2.05, 4.69) is 25.9 Å². The van der Waals surface area contributed by atoms with Crippen molar-refractivity contribution in [3.05, 3.63) is 46.0 Å². The molecule has 15 heavy (non-hydrogen) atoms. The Bertz CT molecular complexity index is 505. The zero-order valence-corrected chi connectivity index (χ0v) is 9.76. The molecule has 1 aromatic heterocycles. The molecule has 0 saturated carbocycles. The second kappa shape index (κ2) is 4.24. The third kappa shape index (κ3) is 2.16. The highest BCUT2D eigenvalue weighted by Gasteiger charge is 2.09. The Labute approximate surface area is 99.3 Å². The van der Waals surface area contributed by atoms with E-state index < -0.39 is 0 Å². The van der Waals surface area contributed by atoms with Crippen LogP contribution >= 0.6 is 27.5 Å². The summed E-state index contributed by atoms with van der Waals surface area (Å²) >= 11 is 8.74. The van der Waals surface area contributed by atoms with Crippen LogP contribution in [0, 0.1) is 5.82 Å². The fourth-order valence-electron chi connectivity index (χ4n) is 1.19. The van der Waals surface area contributed by atoms with Gasteiger partial charge in [0.1, 0.15) is 5.82 Å². The Kier molecular flexibility index (Phi) is 2.98. The molecule has 0 radical (unpaired) electrons. The zero-order valence-electron chi connectivity index (χ0n) is 7.42. The molecule has 0 atom stereocenters. The van der Waals surface area contributed by atoms with Crippen LogP contribution in [0.3, 0.4) is 0 Å². The Balaban J connectivity index is 2.59. The number of halogens is 3. The molecule has 0 aliphatic rings. The predicted octanol–water partition coefficient (Wildman–Crippen LogP) is 3.70. The molecule has 0 unspecified atom stereocenters. The molecule has 0 aliphatic heterocycles. The van der Waals surface area contributed by atoms with Gasteiger partial charge in [0, 0.05) is 11.8 Å². The second-order valence-corrected chi connectivity index (χ2v) is 4.00. The highest BCUT2D eigenvalue weighted by atomic mass is 79.9. The van der Waals surface area contributed by atoms with Gasteiger partial charge in [-0.2, -0.15) is 0 Å². The molecule has 2 nitrogen and oxygen atoms in total. The van der Waals surface area contributed by atoms with Gasteiger partial charge in [0.25, 0.3) is 0 Å². The van der Waals surface area contributed by atoms with Crippen molar-refractivity contribution < 1.29 is 4.39 Å². The lowest BCUT2D eigenvalue weighted by molar-refractivity contribution is 0.624. The molecule has 0 spiro atoms. The molecule has 2 aromatic rings. The van der Waals surface area contributed by atoms with E-state index in [9.17, 15) is 4.39 Å². The van der Waals surface area contributed by atoms with Crippen molar-refractivity contribution in [2.24, 2.45) is 0 Å². The molecule has 0 amide bonds. The van der Waals surface area contributed by atoms with Crippen molar-refractivity contribution in [2.45, 2.75) is 0 Å². The molecule has 0 aliphatic carbocycles. The van der Waals surface area contributed by atoms with E-state index >= 15 is 0 Å². The molecule has 2 rings (SSSR count). The van der Waals surface area contributed by atoms with Crippen molar-refractivity contribution in [2.75, 3.05) is 0 Å². The van der Waals surface area contributed by atoms with Crippen molar-refractivity contribution in [3.63, 3.8) is 0 Å². The van der Waals surface area contributed by atoms with E-state index in [0.29, 0.717) is 15.7 Å². The number of aromatic nitrogens is 2. The number of rotatable bonds is 1. The first-order valence-corrected chi connectivity index (χ1v) is 5.28. The van der Waals surface area contributed by atoms with E-state index in [1.54, 1.807) is 24.3 Å². The van der Waals surface area contributed by atoms with Crippen LogP contribution in [0.15, 0.2) is 34.9 Å². The van der Waals surface area contributed by atoms with Gasteiger partial charge in [0.2, 0.25) is 5.28 Å². The maximum Gasteiger partial charge on any atom is 0.222 e. The standard InChI is InChI=1S/C10H5BrClFN2/c11-7-3-1-2-6(9(7)13)8-4-5-14-10(12)15-8/h1-5H. The monoisotopic (exact) mass is 286 g/mol. The van der Waals surface area contributed by atoms with Gasteiger partial charge in [0.15, 0.2) is 0 Å². The van der Waals surface area contributed by atoms with Crippen LogP contribution in [0.1, 0.15) is 0 Å². The minimum atomic E-state index is -0.354. The van der Waals surface area contributed by atoms with Gasteiger partial charge in [0.05, 0.1) is 10.2 Å². The van der Waals surface area contributed by atoms with Crippen molar-refractivity contribution in [3.8, 4) is 11.3 Å². The molecule has 5 heteroatoms. The van der Waals surface area contributed by atoms with Crippen LogP contribution in [0.4, 0.5) is 4.39 Å². The Morgan fingerprint density at radius 3 is 2.80 bits per heavy atom. The van der Waals surface area contributed by atoms with Gasteiger partial charge in [-0.3, -0.25) is 0 Å². The van der Waals surface area contributed by atoms with Crippen LogP contribution in [0.2, 0.25) is 5.28 Å². The first-order chi connectivity index (χ1) is 7.18. The zero-order chi connectivity index (χ0) is 10.8. The summed E-state index contributed by atoms with van der Waals surface area (Å²) in [5, 5.41) is 0.104. The Hall–Kier alpha value is -1.000. The van der Waals surface area contributed by atoms with Gasteiger partial charge in [-0.15, -0.1) is 0 Å². The third-order valence-electron chi connectivity index (χ3n) is 1.85. The van der Waals surface area contributed by atoms with Crippen LogP contribution in [-0.4, -0.2) is 9.97 Å². The maximum atomic E-state index is 13.7. The number of benzene rings is 1. The predicted molar refractivity (Wildman–Crippen MR) is 60.1 cm³/mol. The Morgan fingerprint density at radius 2 is 2.07 bits per heavy atom. The highest BCUT2D eigenvalue weighted by Crippen LogP contribution is 2.26. The molecule has 1 aromatic carbocycles. The van der Waals surface area contributed by atoms with Gasteiger partial charge in [-0.05, 0) is 45.7 Å². The van der Waals surface area contributed by atoms with Crippen LogP contribution in [0.5, 0.6) is 0 Å². The summed E-state index contributed by atoms with van der Waals surface area (Å²) in [6.45, 7) is 0. The highest BCUT2D eigenvalue weighted by molar-refractivity contribution is 9.10. The fraction of sp³-hybridized carbons (Fsp3) is 0. The van der Waals surface area contributed by atoms with Gasteiger partial charge < -0.3 is 0 Å². The molecule has 1 heterocycles. The largest absolute Gasteiger partial charge is 0.226 e. The van der Waals surface area contributed by atoms with Crippen molar-refractivity contribution >= 4 is 27.5 Å². The molecule has 0 bridgehead atoms. The van der Waals surface area contributed by atoms with Crippen LogP contribution < -0.4 is 0 Å².